The van der Waals surface area contributed by atoms with Gasteiger partial charge in [-0.1, -0.05) is 0 Å². The van der Waals surface area contributed by atoms with Gasteiger partial charge in [0, 0.05) is 17.9 Å². The Bertz CT molecular complexity index is 611. The van der Waals surface area contributed by atoms with Crippen molar-refractivity contribution in [1.82, 2.24) is 9.55 Å². The van der Waals surface area contributed by atoms with Gasteiger partial charge in [-0.3, -0.25) is 4.57 Å². The zero-order chi connectivity index (χ0) is 12.5. The van der Waals surface area contributed by atoms with E-state index in [9.17, 15) is 4.79 Å². The summed E-state index contributed by atoms with van der Waals surface area (Å²) < 4.78 is 7.06. The van der Waals surface area contributed by atoms with Gasteiger partial charge >= 0.3 is 5.69 Å². The molecule has 0 bridgehead atoms. The largest absolute Gasteiger partial charge is 0.497 e. The normalized spacial score (nSPS) is 19.5. The summed E-state index contributed by atoms with van der Waals surface area (Å²) in [5, 5.41) is 0.563. The molecule has 96 valence electrons. The van der Waals surface area contributed by atoms with Crippen LogP contribution < -0.4 is 10.4 Å². The fraction of sp³-hybridized carbons (Fsp3) is 0.462. The van der Waals surface area contributed by atoms with Crippen LogP contribution in [0.25, 0.3) is 11.0 Å². The number of benzene rings is 1. The molecule has 1 aromatic carbocycles. The highest BCUT2D eigenvalue weighted by Crippen LogP contribution is 2.28. The third kappa shape index (κ3) is 2.03. The molecule has 1 aliphatic heterocycles. The van der Waals surface area contributed by atoms with Gasteiger partial charge in [0.15, 0.2) is 0 Å². The van der Waals surface area contributed by atoms with Crippen LogP contribution in [0.3, 0.4) is 0 Å². The Hall–Kier alpha value is -1.36. The number of imidazole rings is 1. The molecule has 4 nitrogen and oxygen atoms in total. The van der Waals surface area contributed by atoms with Crippen LogP contribution in [0.1, 0.15) is 12.8 Å². The summed E-state index contributed by atoms with van der Waals surface area (Å²) in [6, 6.07) is 5.69. The Morgan fingerprint density at radius 3 is 3.17 bits per heavy atom. The van der Waals surface area contributed by atoms with E-state index in [1.807, 2.05) is 34.5 Å². The summed E-state index contributed by atoms with van der Waals surface area (Å²) in [6.07, 6.45) is 2.46. The molecule has 1 aliphatic rings. The Morgan fingerprint density at radius 1 is 1.56 bits per heavy atom. The first-order valence-electron chi connectivity index (χ1n) is 6.16. The lowest BCUT2D eigenvalue weighted by Gasteiger charge is -2.09. The third-order valence-corrected chi connectivity index (χ3v) is 4.77. The number of hydrogen-bond acceptors (Lipinski definition) is 3. The fourth-order valence-corrected chi connectivity index (χ4v) is 3.69. The maximum atomic E-state index is 12.0. The Kier molecular flexibility index (Phi) is 3.07. The second-order valence-corrected chi connectivity index (χ2v) is 5.97. The molecule has 0 amide bonds. The topological polar surface area (TPSA) is 47.0 Å². The first-order chi connectivity index (χ1) is 8.78. The molecule has 0 spiro atoms. The summed E-state index contributed by atoms with van der Waals surface area (Å²) in [4.78, 5) is 14.9. The Balaban J connectivity index is 2.02. The number of aromatic amines is 1. The summed E-state index contributed by atoms with van der Waals surface area (Å²) in [5.74, 6) is 2.00. The summed E-state index contributed by atoms with van der Waals surface area (Å²) in [7, 11) is 1.64. The van der Waals surface area contributed by atoms with Crippen LogP contribution in [0.4, 0.5) is 0 Å². The smallest absolute Gasteiger partial charge is 0.326 e. The molecule has 1 N–H and O–H groups in total. The van der Waals surface area contributed by atoms with Gasteiger partial charge < -0.3 is 9.72 Å². The van der Waals surface area contributed by atoms with E-state index in [4.69, 9.17) is 4.74 Å². The molecule has 2 aromatic rings. The molecular formula is C13H16N2O2S. The molecule has 0 radical (unpaired) electrons. The van der Waals surface area contributed by atoms with E-state index in [1.165, 1.54) is 18.6 Å². The zero-order valence-electron chi connectivity index (χ0n) is 10.3. The summed E-state index contributed by atoms with van der Waals surface area (Å²) in [5.41, 5.74) is 1.79. The quantitative estimate of drug-likeness (QED) is 0.924. The van der Waals surface area contributed by atoms with E-state index in [-0.39, 0.29) is 5.69 Å². The molecule has 1 unspecified atom stereocenters. The number of thioether (sulfide) groups is 1. The zero-order valence-corrected chi connectivity index (χ0v) is 11.1. The molecule has 5 heteroatoms. The second-order valence-electron chi connectivity index (χ2n) is 4.56. The van der Waals surface area contributed by atoms with Crippen LogP contribution in [0.5, 0.6) is 5.75 Å². The number of nitrogens with one attached hydrogen (secondary N) is 1. The SMILES string of the molecule is COc1ccc2[nH]c(=O)n(CC3CCCS3)c2c1. The maximum absolute atomic E-state index is 12.0. The highest BCUT2D eigenvalue weighted by Gasteiger charge is 2.18. The number of nitrogens with zero attached hydrogens (tertiary/aromatic N) is 1. The molecule has 3 rings (SSSR count). The van der Waals surface area contributed by atoms with Crippen LogP contribution in [0.2, 0.25) is 0 Å². The summed E-state index contributed by atoms with van der Waals surface area (Å²) in [6.45, 7) is 0.788. The van der Waals surface area contributed by atoms with Crippen LogP contribution in [0, 0.1) is 0 Å². The van der Waals surface area contributed by atoms with Crippen molar-refractivity contribution in [2.24, 2.45) is 0 Å². The number of rotatable bonds is 3. The number of methoxy groups -OCH3 is 1. The van der Waals surface area contributed by atoms with Gasteiger partial charge in [-0.25, -0.2) is 4.79 Å². The second kappa shape index (κ2) is 4.72. The van der Waals surface area contributed by atoms with E-state index < -0.39 is 0 Å². The lowest BCUT2D eigenvalue weighted by molar-refractivity contribution is 0.415. The predicted molar refractivity (Wildman–Crippen MR) is 74.6 cm³/mol. The molecule has 2 heterocycles. The van der Waals surface area contributed by atoms with Gasteiger partial charge in [0.25, 0.3) is 0 Å². The van der Waals surface area contributed by atoms with Crippen LogP contribution in [-0.4, -0.2) is 27.7 Å². The van der Waals surface area contributed by atoms with E-state index in [1.54, 1.807) is 7.11 Å². The molecule has 1 fully saturated rings. The standard InChI is InChI=1S/C13H16N2O2S/c1-17-9-4-5-11-12(7-9)15(13(16)14-11)8-10-3-2-6-18-10/h4-5,7,10H,2-3,6,8H2,1H3,(H,14,16). The average molecular weight is 264 g/mol. The molecule has 0 aliphatic carbocycles. The summed E-state index contributed by atoms with van der Waals surface area (Å²) >= 11 is 1.96. The van der Waals surface area contributed by atoms with E-state index >= 15 is 0 Å². The van der Waals surface area contributed by atoms with Crippen molar-refractivity contribution < 1.29 is 4.74 Å². The number of hydrogen-bond donors (Lipinski definition) is 1. The molecule has 18 heavy (non-hydrogen) atoms. The average Bonchev–Trinajstić information content (AvgIpc) is 2.99. The minimum atomic E-state index is -0.0225. The Labute approximate surface area is 109 Å². The predicted octanol–water partition coefficient (Wildman–Crippen LogP) is 2.23. The van der Waals surface area contributed by atoms with Gasteiger partial charge in [0.2, 0.25) is 0 Å². The van der Waals surface area contributed by atoms with Crippen molar-refractivity contribution in [3.05, 3.63) is 28.7 Å². The van der Waals surface area contributed by atoms with Gasteiger partial charge in [-0.05, 0) is 30.7 Å². The minimum absolute atomic E-state index is 0.0225. The monoisotopic (exact) mass is 264 g/mol. The fourth-order valence-electron chi connectivity index (χ4n) is 2.43. The first-order valence-corrected chi connectivity index (χ1v) is 7.21. The molecule has 1 atom stereocenters. The van der Waals surface area contributed by atoms with Gasteiger partial charge in [0.05, 0.1) is 18.1 Å². The molecule has 1 aromatic heterocycles. The van der Waals surface area contributed by atoms with Crippen molar-refractivity contribution in [3.63, 3.8) is 0 Å². The van der Waals surface area contributed by atoms with Crippen molar-refractivity contribution in [1.29, 1.82) is 0 Å². The van der Waals surface area contributed by atoms with Gasteiger partial charge in [-0.2, -0.15) is 11.8 Å². The number of H-pyrrole nitrogens is 1. The van der Waals surface area contributed by atoms with E-state index in [0.29, 0.717) is 5.25 Å². The lowest BCUT2D eigenvalue weighted by atomic mass is 10.2. The van der Waals surface area contributed by atoms with Crippen molar-refractivity contribution in [2.45, 2.75) is 24.6 Å². The van der Waals surface area contributed by atoms with Crippen LogP contribution in [-0.2, 0) is 6.54 Å². The first kappa shape index (κ1) is 11.7. The van der Waals surface area contributed by atoms with Gasteiger partial charge in [-0.15, -0.1) is 0 Å². The number of aromatic nitrogens is 2. The number of ether oxygens (including phenoxy) is 1. The van der Waals surface area contributed by atoms with Crippen LogP contribution in [0.15, 0.2) is 23.0 Å². The molecule has 1 saturated heterocycles. The highest BCUT2D eigenvalue weighted by molar-refractivity contribution is 8.00. The Morgan fingerprint density at radius 2 is 2.44 bits per heavy atom. The van der Waals surface area contributed by atoms with Crippen LogP contribution >= 0.6 is 11.8 Å². The third-order valence-electron chi connectivity index (χ3n) is 3.39. The maximum Gasteiger partial charge on any atom is 0.326 e. The van der Waals surface area contributed by atoms with Crippen molar-refractivity contribution in [2.75, 3.05) is 12.9 Å². The van der Waals surface area contributed by atoms with Crippen molar-refractivity contribution in [3.8, 4) is 5.75 Å². The molecular weight excluding hydrogens is 248 g/mol. The van der Waals surface area contributed by atoms with E-state index in [0.717, 1.165) is 23.3 Å². The van der Waals surface area contributed by atoms with E-state index in [2.05, 4.69) is 4.98 Å². The molecule has 0 saturated carbocycles. The highest BCUT2D eigenvalue weighted by atomic mass is 32.2. The number of fused-ring (bicyclic) bond motifs is 1. The minimum Gasteiger partial charge on any atom is -0.497 e. The van der Waals surface area contributed by atoms with Crippen molar-refractivity contribution >= 4 is 22.8 Å². The lowest BCUT2D eigenvalue weighted by Crippen LogP contribution is -2.21. The van der Waals surface area contributed by atoms with Gasteiger partial charge in [0.1, 0.15) is 5.75 Å².